The molecule has 3 aliphatic heterocycles. The smallest absolute Gasteiger partial charge is 0.309 e. The first-order chi connectivity index (χ1) is 27.0. The van der Waals surface area contributed by atoms with Gasteiger partial charge >= 0.3 is 11.9 Å². The molecule has 2 fully saturated rings. The van der Waals surface area contributed by atoms with Crippen LogP contribution in [-0.4, -0.2) is 126 Å². The van der Waals surface area contributed by atoms with E-state index in [1.807, 2.05) is 13.8 Å². The van der Waals surface area contributed by atoms with Crippen LogP contribution in [0.15, 0.2) is 60.2 Å². The summed E-state index contributed by atoms with van der Waals surface area (Å²) in [6.45, 7) is 16.7. The summed E-state index contributed by atoms with van der Waals surface area (Å²) in [5.41, 5.74) is 0.194. The predicted molar refractivity (Wildman–Crippen MR) is 217 cm³/mol. The number of epoxide rings is 1. The summed E-state index contributed by atoms with van der Waals surface area (Å²) in [5.74, 6) is -1.36. The largest absolute Gasteiger partial charge is 0.483 e. The van der Waals surface area contributed by atoms with Crippen LogP contribution in [0.4, 0.5) is 5.69 Å². The highest BCUT2D eigenvalue weighted by molar-refractivity contribution is 5.70. The Morgan fingerprint density at radius 3 is 2.42 bits per heavy atom. The van der Waals surface area contributed by atoms with Crippen molar-refractivity contribution < 1.29 is 53.8 Å². The molecule has 14 nitrogen and oxygen atoms in total. The lowest BCUT2D eigenvalue weighted by Crippen LogP contribution is -2.52. The summed E-state index contributed by atoms with van der Waals surface area (Å²) >= 11 is 0. The van der Waals surface area contributed by atoms with Gasteiger partial charge in [-0.25, -0.2) is 0 Å². The normalized spacial score (nSPS) is 30.5. The quantitative estimate of drug-likeness (QED) is 0.0524. The monoisotopic (exact) mass is 801 g/mol. The Labute approximate surface area is 338 Å². The van der Waals surface area contributed by atoms with Gasteiger partial charge in [-0.3, -0.25) is 14.4 Å². The lowest BCUT2D eigenvalue weighted by Gasteiger charge is -2.32. The molecule has 4 rings (SSSR count). The fraction of sp³-hybridized carbons (Fsp3) is 0.651. The minimum atomic E-state index is -1.46. The zero-order chi connectivity index (χ0) is 42.3. The second-order valence-corrected chi connectivity index (χ2v) is 15.9. The number of carbonyl (C=O) groups is 3. The van der Waals surface area contributed by atoms with Crippen molar-refractivity contribution in [3.63, 3.8) is 0 Å². The maximum Gasteiger partial charge on any atom is 0.309 e. The van der Waals surface area contributed by atoms with Crippen LogP contribution in [0, 0.1) is 11.8 Å². The van der Waals surface area contributed by atoms with E-state index in [2.05, 4.69) is 53.6 Å². The molecule has 1 aromatic carbocycles. The molecule has 0 bridgehead atoms. The van der Waals surface area contributed by atoms with Crippen molar-refractivity contribution in [1.82, 2.24) is 10.6 Å². The molecule has 0 radical (unpaired) electrons. The summed E-state index contributed by atoms with van der Waals surface area (Å²) < 4.78 is 23.3. The van der Waals surface area contributed by atoms with E-state index in [0.29, 0.717) is 12.1 Å². The number of carbonyl (C=O) groups excluding carboxylic acids is 2. The third-order valence-corrected chi connectivity index (χ3v) is 11.1. The SMILES string of the molecule is CC[C@H](OC)[C@@H](C)[C@H]1O[C@@H]1C(NCc1ccc(N2CCNCC2)cc1)C(C)(O)/C=C/C=C(\C)[C@@H]1OC(=O)C[C@H](O)CC[C@@](C)(O)[C@@H](OC(C)=O)/C=C/[C@@H]1C.O=CO. The molecular formula is C43H67N3O11. The first-order valence-electron chi connectivity index (χ1n) is 20.1. The zero-order valence-electron chi connectivity index (χ0n) is 34.9. The first kappa shape index (κ1) is 47.7. The van der Waals surface area contributed by atoms with Gasteiger partial charge in [0.25, 0.3) is 6.47 Å². The highest BCUT2D eigenvalue weighted by Gasteiger charge is 2.54. The first-order valence-corrected chi connectivity index (χ1v) is 20.1. The van der Waals surface area contributed by atoms with Gasteiger partial charge in [0.05, 0.1) is 36.4 Å². The highest BCUT2D eigenvalue weighted by atomic mass is 16.6. The Morgan fingerprint density at radius 2 is 1.82 bits per heavy atom. The molecule has 1 aromatic rings. The number of anilines is 1. The minimum absolute atomic E-state index is 0.0329. The lowest BCUT2D eigenvalue weighted by molar-refractivity contribution is -0.157. The van der Waals surface area contributed by atoms with Gasteiger partial charge in [0.2, 0.25) is 0 Å². The van der Waals surface area contributed by atoms with Gasteiger partial charge in [-0.2, -0.15) is 0 Å². The second-order valence-electron chi connectivity index (χ2n) is 15.9. The van der Waals surface area contributed by atoms with Gasteiger partial charge in [-0.05, 0) is 69.4 Å². The number of esters is 2. The Kier molecular flexibility index (Phi) is 18.8. The van der Waals surface area contributed by atoms with E-state index in [1.165, 1.54) is 12.6 Å². The number of hydrogen-bond acceptors (Lipinski definition) is 13. The van der Waals surface area contributed by atoms with Gasteiger partial charge in [0, 0.05) is 64.3 Å². The van der Waals surface area contributed by atoms with Crippen LogP contribution in [0.25, 0.3) is 0 Å². The number of hydrogen-bond donors (Lipinski definition) is 6. The summed E-state index contributed by atoms with van der Waals surface area (Å²) in [6, 6.07) is 8.09. The van der Waals surface area contributed by atoms with Crippen LogP contribution in [0.1, 0.15) is 79.7 Å². The van der Waals surface area contributed by atoms with Crippen LogP contribution in [0.5, 0.6) is 0 Å². The number of aliphatic hydroxyl groups excluding tert-OH is 1. The van der Waals surface area contributed by atoms with Crippen LogP contribution < -0.4 is 15.5 Å². The van der Waals surface area contributed by atoms with E-state index in [1.54, 1.807) is 51.3 Å². The molecule has 320 valence electrons. The van der Waals surface area contributed by atoms with E-state index in [0.717, 1.165) is 38.2 Å². The molecule has 2 saturated heterocycles. The fourth-order valence-electron chi connectivity index (χ4n) is 7.65. The molecule has 2 unspecified atom stereocenters. The Bertz CT molecular complexity index is 1500. The number of benzene rings is 1. The Hall–Kier alpha value is -3.63. The zero-order valence-corrected chi connectivity index (χ0v) is 34.9. The predicted octanol–water partition coefficient (Wildman–Crippen LogP) is 3.67. The average Bonchev–Trinajstić information content (AvgIpc) is 3.95. The van der Waals surface area contributed by atoms with Gasteiger partial charge < -0.3 is 54.9 Å². The van der Waals surface area contributed by atoms with E-state index >= 15 is 0 Å². The number of nitrogens with one attached hydrogen (secondary N) is 2. The highest BCUT2D eigenvalue weighted by Crippen LogP contribution is 2.39. The lowest BCUT2D eigenvalue weighted by atomic mass is 9.87. The van der Waals surface area contributed by atoms with E-state index in [-0.39, 0.29) is 55.9 Å². The average molecular weight is 802 g/mol. The van der Waals surface area contributed by atoms with Crippen molar-refractivity contribution in [3.05, 3.63) is 65.8 Å². The van der Waals surface area contributed by atoms with Crippen molar-refractivity contribution in [3.8, 4) is 0 Å². The molecule has 0 amide bonds. The van der Waals surface area contributed by atoms with Gasteiger partial charge in [0.15, 0.2) is 0 Å². The minimum Gasteiger partial charge on any atom is -0.483 e. The summed E-state index contributed by atoms with van der Waals surface area (Å²) in [5, 5.41) is 47.6. The Balaban J connectivity index is 0.00000281. The van der Waals surface area contributed by atoms with Crippen LogP contribution >= 0.6 is 0 Å². The van der Waals surface area contributed by atoms with E-state index in [9.17, 15) is 24.9 Å². The van der Waals surface area contributed by atoms with Crippen molar-refractivity contribution in [2.45, 2.75) is 135 Å². The number of carboxylic acid groups (broad SMARTS) is 1. The van der Waals surface area contributed by atoms with Crippen molar-refractivity contribution >= 4 is 24.1 Å². The summed E-state index contributed by atoms with van der Waals surface area (Å²) in [4.78, 5) is 35.6. The number of piperazine rings is 1. The third-order valence-electron chi connectivity index (χ3n) is 11.1. The third kappa shape index (κ3) is 14.6. The van der Waals surface area contributed by atoms with Crippen molar-refractivity contribution in [2.75, 3.05) is 38.2 Å². The number of methoxy groups -OCH3 is 1. The molecule has 3 heterocycles. The van der Waals surface area contributed by atoms with Crippen molar-refractivity contribution in [2.24, 2.45) is 11.8 Å². The Morgan fingerprint density at radius 1 is 1.18 bits per heavy atom. The maximum atomic E-state index is 13.0. The van der Waals surface area contributed by atoms with E-state index in [4.69, 9.17) is 28.8 Å². The number of rotatable bonds is 14. The van der Waals surface area contributed by atoms with Crippen LogP contribution in [0.3, 0.4) is 0 Å². The summed E-state index contributed by atoms with van der Waals surface area (Å²) in [7, 11) is 1.72. The van der Waals surface area contributed by atoms with Crippen LogP contribution in [0.2, 0.25) is 0 Å². The molecule has 6 N–H and O–H groups in total. The van der Waals surface area contributed by atoms with E-state index < -0.39 is 47.5 Å². The molecule has 0 spiro atoms. The molecule has 14 heteroatoms. The fourth-order valence-corrected chi connectivity index (χ4v) is 7.65. The standard InChI is InChI=1S/C42H65N3O9.CH2O2/c1-9-34(51-8)29(4)38-39(54-38)40(44-26-31-13-15-32(16-14-31)45-23-21-43-22-24-45)42(7,50)19-10-11-27(2)37-28(3)12-17-35(52-30(5)46)41(6,49)20-18-33(47)25-36(48)53-37;2-1-3/h10-17,19,28-29,33-35,37-40,43-44,47,49-50H,9,18,20-26H2,1-8H3;1H,(H,2,3)/b17-12+,19-10+,27-11+;/t28-,29+,33+,34-,35-,37-,38+,39-,40?,41+,42?;/m0./s1. The number of allylic oxidation sites excluding steroid dienone is 2. The number of ether oxygens (including phenoxy) is 4. The number of aliphatic hydroxyl groups is 3. The number of nitrogens with zero attached hydrogens (tertiary/aromatic N) is 1. The van der Waals surface area contributed by atoms with Gasteiger partial charge in [0.1, 0.15) is 23.9 Å². The molecule has 3 aliphatic rings. The van der Waals surface area contributed by atoms with Crippen LogP contribution in [-0.2, 0) is 39.9 Å². The molecule has 0 aliphatic carbocycles. The summed E-state index contributed by atoms with van der Waals surface area (Å²) in [6.07, 6.45) is 6.48. The topological polar surface area (TPSA) is 200 Å². The molecule has 57 heavy (non-hydrogen) atoms. The number of cyclic esters (lactones) is 1. The molecular weight excluding hydrogens is 734 g/mol. The molecule has 0 saturated carbocycles. The van der Waals surface area contributed by atoms with Gasteiger partial charge in [-0.15, -0.1) is 0 Å². The second kappa shape index (κ2) is 22.5. The molecule has 11 atom stereocenters. The van der Waals surface area contributed by atoms with Crippen molar-refractivity contribution in [1.29, 1.82) is 0 Å². The molecule has 0 aromatic heterocycles. The van der Waals surface area contributed by atoms with Gasteiger partial charge in [-0.1, -0.05) is 57.2 Å². The maximum absolute atomic E-state index is 13.0.